The van der Waals surface area contributed by atoms with Crippen molar-refractivity contribution in [2.75, 3.05) is 27.3 Å². The zero-order chi connectivity index (χ0) is 15.0. The molecule has 2 N–H and O–H groups in total. The molecule has 1 heterocycles. The van der Waals surface area contributed by atoms with E-state index in [1.165, 1.54) is 0 Å². The SMILES string of the molecule is C/C(=N\NC(=S)N(C)C)c1cc(OCCCO)ccn1. The molecule has 1 rings (SSSR count). The number of aliphatic hydroxyl groups excluding tert-OH is 1. The van der Waals surface area contributed by atoms with Crippen LogP contribution < -0.4 is 10.2 Å². The van der Waals surface area contributed by atoms with Gasteiger partial charge in [-0.1, -0.05) is 0 Å². The summed E-state index contributed by atoms with van der Waals surface area (Å²) in [4.78, 5) is 5.99. The van der Waals surface area contributed by atoms with Crippen LogP contribution in [0.1, 0.15) is 19.0 Å². The molecule has 110 valence electrons. The molecule has 0 bridgehead atoms. The zero-order valence-corrected chi connectivity index (χ0v) is 12.8. The highest BCUT2D eigenvalue weighted by Crippen LogP contribution is 2.11. The molecule has 0 unspecified atom stereocenters. The van der Waals surface area contributed by atoms with Crippen molar-refractivity contribution in [2.24, 2.45) is 5.10 Å². The van der Waals surface area contributed by atoms with Crippen molar-refractivity contribution in [1.29, 1.82) is 0 Å². The van der Waals surface area contributed by atoms with Crippen molar-refractivity contribution >= 4 is 23.0 Å². The maximum Gasteiger partial charge on any atom is 0.189 e. The van der Waals surface area contributed by atoms with Gasteiger partial charge in [0.1, 0.15) is 5.75 Å². The number of ether oxygens (including phenoxy) is 1. The van der Waals surface area contributed by atoms with Crippen LogP contribution in [0.3, 0.4) is 0 Å². The van der Waals surface area contributed by atoms with Crippen LogP contribution in [-0.2, 0) is 0 Å². The lowest BCUT2D eigenvalue weighted by Crippen LogP contribution is -2.31. The van der Waals surface area contributed by atoms with Gasteiger partial charge in [-0.05, 0) is 25.2 Å². The van der Waals surface area contributed by atoms with E-state index in [1.54, 1.807) is 23.2 Å². The van der Waals surface area contributed by atoms with E-state index < -0.39 is 0 Å². The second-order valence-corrected chi connectivity index (χ2v) is 4.70. The summed E-state index contributed by atoms with van der Waals surface area (Å²) in [6, 6.07) is 3.57. The fourth-order valence-corrected chi connectivity index (χ4v) is 1.29. The summed E-state index contributed by atoms with van der Waals surface area (Å²) < 4.78 is 5.49. The van der Waals surface area contributed by atoms with Gasteiger partial charge in [-0.2, -0.15) is 5.10 Å². The van der Waals surface area contributed by atoms with Gasteiger partial charge in [0.05, 0.1) is 18.0 Å². The molecule has 0 atom stereocenters. The number of hydrazone groups is 1. The maximum absolute atomic E-state index is 8.72. The van der Waals surface area contributed by atoms with Crippen molar-refractivity contribution in [2.45, 2.75) is 13.3 Å². The summed E-state index contributed by atoms with van der Waals surface area (Å²) in [5, 5.41) is 13.4. The number of thiocarbonyl (C=S) groups is 1. The number of nitrogens with zero attached hydrogens (tertiary/aromatic N) is 3. The van der Waals surface area contributed by atoms with E-state index in [4.69, 9.17) is 22.1 Å². The first-order valence-electron chi connectivity index (χ1n) is 6.26. The average Bonchev–Trinajstić information content (AvgIpc) is 2.44. The van der Waals surface area contributed by atoms with Gasteiger partial charge < -0.3 is 14.7 Å². The van der Waals surface area contributed by atoms with E-state index >= 15 is 0 Å². The second kappa shape index (κ2) is 8.44. The Kier molecular flexibility index (Phi) is 6.89. The fraction of sp³-hybridized carbons (Fsp3) is 0.462. The molecular weight excluding hydrogens is 276 g/mol. The molecule has 0 aliphatic rings. The Morgan fingerprint density at radius 1 is 1.55 bits per heavy atom. The number of aliphatic hydroxyl groups is 1. The molecular formula is C13H20N4O2S. The van der Waals surface area contributed by atoms with Crippen LogP contribution in [0.4, 0.5) is 0 Å². The zero-order valence-electron chi connectivity index (χ0n) is 12.0. The Balaban J connectivity index is 2.68. The average molecular weight is 296 g/mol. The summed E-state index contributed by atoms with van der Waals surface area (Å²) in [5.41, 5.74) is 4.20. The van der Waals surface area contributed by atoms with Crippen LogP contribution in [0.2, 0.25) is 0 Å². The molecule has 0 spiro atoms. The van der Waals surface area contributed by atoms with E-state index in [9.17, 15) is 0 Å². The van der Waals surface area contributed by atoms with E-state index in [2.05, 4.69) is 15.5 Å². The standard InChI is InChI=1S/C13H20N4O2S/c1-10(15-16-13(20)17(2)3)12-9-11(5-6-14-12)19-8-4-7-18/h5-6,9,18H,4,7-8H2,1-3H3,(H,16,20)/b15-10+. The van der Waals surface area contributed by atoms with Gasteiger partial charge in [0.25, 0.3) is 0 Å². The van der Waals surface area contributed by atoms with Crippen LogP contribution in [0, 0.1) is 0 Å². The summed E-state index contributed by atoms with van der Waals surface area (Å²) in [6.07, 6.45) is 2.26. The highest BCUT2D eigenvalue weighted by atomic mass is 32.1. The van der Waals surface area contributed by atoms with Crippen LogP contribution in [0.15, 0.2) is 23.4 Å². The smallest absolute Gasteiger partial charge is 0.189 e. The molecule has 0 radical (unpaired) electrons. The molecule has 0 aliphatic heterocycles. The summed E-state index contributed by atoms with van der Waals surface area (Å²) in [7, 11) is 3.68. The van der Waals surface area contributed by atoms with Crippen molar-refractivity contribution in [3.05, 3.63) is 24.0 Å². The summed E-state index contributed by atoms with van der Waals surface area (Å²) >= 11 is 5.08. The lowest BCUT2D eigenvalue weighted by molar-refractivity contribution is 0.233. The monoisotopic (exact) mass is 296 g/mol. The predicted molar refractivity (Wildman–Crippen MR) is 83.1 cm³/mol. The normalized spacial score (nSPS) is 11.1. The van der Waals surface area contributed by atoms with Crippen LogP contribution in [0.25, 0.3) is 0 Å². The lowest BCUT2D eigenvalue weighted by Gasteiger charge is -2.12. The number of rotatable bonds is 6. The van der Waals surface area contributed by atoms with Gasteiger partial charge in [0.15, 0.2) is 5.11 Å². The van der Waals surface area contributed by atoms with E-state index in [-0.39, 0.29) is 6.61 Å². The molecule has 0 saturated carbocycles. The van der Waals surface area contributed by atoms with Crippen molar-refractivity contribution in [3.63, 3.8) is 0 Å². The Morgan fingerprint density at radius 2 is 2.30 bits per heavy atom. The first-order chi connectivity index (χ1) is 9.54. The molecule has 0 aliphatic carbocycles. The Hall–Kier alpha value is -1.73. The third-order valence-electron chi connectivity index (χ3n) is 2.40. The highest BCUT2D eigenvalue weighted by molar-refractivity contribution is 7.80. The first-order valence-corrected chi connectivity index (χ1v) is 6.67. The minimum atomic E-state index is 0.115. The van der Waals surface area contributed by atoms with Crippen LogP contribution in [-0.4, -0.2) is 53.1 Å². The predicted octanol–water partition coefficient (Wildman–Crippen LogP) is 1.00. The number of pyridine rings is 1. The largest absolute Gasteiger partial charge is 0.493 e. The van der Waals surface area contributed by atoms with Crippen LogP contribution >= 0.6 is 12.2 Å². The molecule has 0 saturated heterocycles. The van der Waals surface area contributed by atoms with E-state index in [1.807, 2.05) is 21.0 Å². The highest BCUT2D eigenvalue weighted by Gasteiger charge is 2.03. The molecule has 0 amide bonds. The Morgan fingerprint density at radius 3 is 2.95 bits per heavy atom. The van der Waals surface area contributed by atoms with Gasteiger partial charge in [-0.25, -0.2) is 0 Å². The van der Waals surface area contributed by atoms with Gasteiger partial charge in [-0.15, -0.1) is 0 Å². The minimum absolute atomic E-state index is 0.115. The summed E-state index contributed by atoms with van der Waals surface area (Å²) in [6.45, 7) is 2.43. The molecule has 0 fully saturated rings. The van der Waals surface area contributed by atoms with Gasteiger partial charge >= 0.3 is 0 Å². The van der Waals surface area contributed by atoms with Crippen LogP contribution in [0.5, 0.6) is 5.75 Å². The summed E-state index contributed by atoms with van der Waals surface area (Å²) in [5.74, 6) is 0.702. The third kappa shape index (κ3) is 5.50. The number of aromatic nitrogens is 1. The quantitative estimate of drug-likeness (QED) is 0.353. The van der Waals surface area contributed by atoms with Crippen molar-refractivity contribution in [3.8, 4) is 5.75 Å². The third-order valence-corrected chi connectivity index (χ3v) is 2.86. The number of hydrogen-bond acceptors (Lipinski definition) is 5. The number of hydrogen-bond donors (Lipinski definition) is 2. The Bertz CT molecular complexity index is 477. The van der Waals surface area contributed by atoms with Crippen molar-refractivity contribution < 1.29 is 9.84 Å². The minimum Gasteiger partial charge on any atom is -0.493 e. The van der Waals surface area contributed by atoms with E-state index in [0.29, 0.717) is 35.3 Å². The molecule has 7 heteroatoms. The Labute approximate surface area is 124 Å². The molecule has 0 aromatic carbocycles. The van der Waals surface area contributed by atoms with Crippen molar-refractivity contribution in [1.82, 2.24) is 15.3 Å². The van der Waals surface area contributed by atoms with E-state index in [0.717, 1.165) is 0 Å². The molecule has 1 aromatic heterocycles. The maximum atomic E-state index is 8.72. The first kappa shape index (κ1) is 16.3. The number of nitrogens with one attached hydrogen (secondary N) is 1. The fourth-order valence-electron chi connectivity index (χ4n) is 1.24. The van der Waals surface area contributed by atoms with Gasteiger partial charge in [-0.3, -0.25) is 10.4 Å². The van der Waals surface area contributed by atoms with Gasteiger partial charge in [0, 0.05) is 39.4 Å². The molecule has 6 nitrogen and oxygen atoms in total. The molecule has 1 aromatic rings. The second-order valence-electron chi connectivity index (χ2n) is 4.31. The lowest BCUT2D eigenvalue weighted by atomic mass is 10.2. The molecule has 20 heavy (non-hydrogen) atoms. The topological polar surface area (TPSA) is 70.0 Å². The van der Waals surface area contributed by atoms with Gasteiger partial charge in [0.2, 0.25) is 0 Å².